The van der Waals surface area contributed by atoms with Gasteiger partial charge in [-0.3, -0.25) is 14.9 Å². The second-order valence-electron chi connectivity index (χ2n) is 4.85. The predicted molar refractivity (Wildman–Crippen MR) is 94.7 cm³/mol. The van der Waals surface area contributed by atoms with Crippen molar-refractivity contribution in [2.45, 2.75) is 9.96 Å². The lowest BCUT2D eigenvalue weighted by Crippen LogP contribution is -2.49. The van der Waals surface area contributed by atoms with Crippen molar-refractivity contribution < 1.29 is 14.1 Å². The Balaban J connectivity index is 2.28. The molecule has 0 aliphatic carbocycles. The number of alkyl halides is 3. The standard InChI is InChI=1S/C15H11Cl3FN3O3/c16-15(17,18)14(20-11-7-3-2-6-10(11)19)21-13(23)9-5-1-4-8-12(9)22(24)25/h1-8,14,20H,(H,21,23). The Hall–Kier alpha value is -2.09. The van der Waals surface area contributed by atoms with Crippen LogP contribution in [0.4, 0.5) is 15.8 Å². The average molecular weight is 407 g/mol. The smallest absolute Gasteiger partial charge is 0.282 e. The van der Waals surface area contributed by atoms with Gasteiger partial charge in [-0.2, -0.15) is 0 Å². The molecule has 2 rings (SSSR count). The first-order valence-electron chi connectivity index (χ1n) is 6.82. The van der Waals surface area contributed by atoms with E-state index in [1.165, 1.54) is 42.5 Å². The number of nitrogens with zero attached hydrogens (tertiary/aromatic N) is 1. The second kappa shape index (κ2) is 7.86. The zero-order valence-corrected chi connectivity index (χ0v) is 14.6. The maximum Gasteiger partial charge on any atom is 0.282 e. The van der Waals surface area contributed by atoms with Crippen molar-refractivity contribution in [3.63, 3.8) is 0 Å². The molecule has 2 aromatic rings. The van der Waals surface area contributed by atoms with Crippen molar-refractivity contribution in [1.29, 1.82) is 0 Å². The van der Waals surface area contributed by atoms with Crippen molar-refractivity contribution in [2.75, 3.05) is 5.32 Å². The molecule has 0 aromatic heterocycles. The van der Waals surface area contributed by atoms with Crippen LogP contribution in [0.5, 0.6) is 0 Å². The topological polar surface area (TPSA) is 84.3 Å². The van der Waals surface area contributed by atoms with Crippen LogP contribution in [-0.2, 0) is 0 Å². The zero-order valence-electron chi connectivity index (χ0n) is 12.4. The number of hydrogen-bond donors (Lipinski definition) is 2. The molecule has 1 unspecified atom stereocenters. The molecule has 0 saturated carbocycles. The van der Waals surface area contributed by atoms with Gasteiger partial charge in [0.2, 0.25) is 3.79 Å². The molecule has 0 spiro atoms. The number of hydrogen-bond acceptors (Lipinski definition) is 4. The van der Waals surface area contributed by atoms with Crippen LogP contribution < -0.4 is 10.6 Å². The van der Waals surface area contributed by atoms with Crippen molar-refractivity contribution in [3.05, 3.63) is 70.0 Å². The molecule has 6 nitrogen and oxygen atoms in total. The van der Waals surface area contributed by atoms with Crippen molar-refractivity contribution in [1.82, 2.24) is 5.32 Å². The lowest BCUT2D eigenvalue weighted by molar-refractivity contribution is -0.385. The van der Waals surface area contributed by atoms with E-state index >= 15 is 0 Å². The molecule has 25 heavy (non-hydrogen) atoms. The predicted octanol–water partition coefficient (Wildman–Crippen LogP) is 4.27. The highest BCUT2D eigenvalue weighted by Gasteiger charge is 2.35. The van der Waals surface area contributed by atoms with Gasteiger partial charge in [-0.15, -0.1) is 0 Å². The highest BCUT2D eigenvalue weighted by Crippen LogP contribution is 2.32. The molecule has 0 aliphatic rings. The molecule has 0 bridgehead atoms. The summed E-state index contributed by atoms with van der Waals surface area (Å²) in [6, 6.07) is 10.9. The number of carbonyl (C=O) groups is 1. The van der Waals surface area contributed by atoms with E-state index in [4.69, 9.17) is 34.8 Å². The molecule has 2 N–H and O–H groups in total. The van der Waals surface area contributed by atoms with E-state index in [0.29, 0.717) is 0 Å². The summed E-state index contributed by atoms with van der Waals surface area (Å²) >= 11 is 17.5. The molecule has 0 radical (unpaired) electrons. The Morgan fingerprint density at radius 2 is 1.72 bits per heavy atom. The Labute approximate surface area is 157 Å². The Morgan fingerprint density at radius 1 is 1.12 bits per heavy atom. The molecule has 0 saturated heterocycles. The molecule has 2 aromatic carbocycles. The number of para-hydroxylation sites is 2. The van der Waals surface area contributed by atoms with Gasteiger partial charge in [0.1, 0.15) is 17.5 Å². The summed E-state index contributed by atoms with van der Waals surface area (Å²) in [5, 5.41) is 15.9. The number of nitrogens with one attached hydrogen (secondary N) is 2. The minimum atomic E-state index is -2.05. The first-order chi connectivity index (χ1) is 11.7. The van der Waals surface area contributed by atoms with E-state index < -0.39 is 32.3 Å². The van der Waals surface area contributed by atoms with Crippen LogP contribution in [0.25, 0.3) is 0 Å². The summed E-state index contributed by atoms with van der Waals surface area (Å²) in [5.41, 5.74) is -0.641. The number of nitro groups is 1. The third-order valence-electron chi connectivity index (χ3n) is 3.12. The van der Waals surface area contributed by atoms with Gasteiger partial charge in [0.05, 0.1) is 10.6 Å². The largest absolute Gasteiger partial charge is 0.359 e. The lowest BCUT2D eigenvalue weighted by atomic mass is 10.1. The molecular weight excluding hydrogens is 396 g/mol. The van der Waals surface area contributed by atoms with E-state index in [1.807, 2.05) is 0 Å². The molecule has 0 heterocycles. The van der Waals surface area contributed by atoms with Crippen molar-refractivity contribution in [3.8, 4) is 0 Å². The van der Waals surface area contributed by atoms with Crippen LogP contribution in [0, 0.1) is 15.9 Å². The molecule has 10 heteroatoms. The Kier molecular flexibility index (Phi) is 6.05. The summed E-state index contributed by atoms with van der Waals surface area (Å²) in [4.78, 5) is 22.7. The molecular formula is C15H11Cl3FN3O3. The summed E-state index contributed by atoms with van der Waals surface area (Å²) < 4.78 is 11.7. The lowest BCUT2D eigenvalue weighted by Gasteiger charge is -2.27. The monoisotopic (exact) mass is 405 g/mol. The van der Waals surface area contributed by atoms with E-state index in [2.05, 4.69) is 10.6 Å². The first kappa shape index (κ1) is 19.2. The fourth-order valence-electron chi connectivity index (χ4n) is 1.97. The quantitative estimate of drug-likeness (QED) is 0.336. The summed E-state index contributed by atoms with van der Waals surface area (Å²) in [6.07, 6.45) is -1.35. The van der Waals surface area contributed by atoms with Crippen molar-refractivity contribution in [2.24, 2.45) is 0 Å². The third-order valence-corrected chi connectivity index (χ3v) is 3.78. The average Bonchev–Trinajstić information content (AvgIpc) is 2.55. The van der Waals surface area contributed by atoms with E-state index in [0.717, 1.165) is 0 Å². The number of anilines is 1. The summed E-state index contributed by atoms with van der Waals surface area (Å²) in [7, 11) is 0. The fourth-order valence-corrected chi connectivity index (χ4v) is 2.29. The minimum Gasteiger partial charge on any atom is -0.359 e. The van der Waals surface area contributed by atoms with Crippen LogP contribution in [0.15, 0.2) is 48.5 Å². The molecule has 0 fully saturated rings. The Morgan fingerprint density at radius 3 is 2.32 bits per heavy atom. The molecule has 132 valence electrons. The van der Waals surface area contributed by atoms with E-state index in [-0.39, 0.29) is 11.3 Å². The highest BCUT2D eigenvalue weighted by molar-refractivity contribution is 6.68. The van der Waals surface area contributed by atoms with Gasteiger partial charge < -0.3 is 10.6 Å². The van der Waals surface area contributed by atoms with Gasteiger partial charge in [0.15, 0.2) is 0 Å². The van der Waals surface area contributed by atoms with Gasteiger partial charge in [0, 0.05) is 6.07 Å². The van der Waals surface area contributed by atoms with Gasteiger partial charge in [-0.1, -0.05) is 59.1 Å². The van der Waals surface area contributed by atoms with Crippen molar-refractivity contribution >= 4 is 52.1 Å². The number of rotatable bonds is 5. The van der Waals surface area contributed by atoms with Crippen LogP contribution >= 0.6 is 34.8 Å². The van der Waals surface area contributed by atoms with Crippen LogP contribution in [0.3, 0.4) is 0 Å². The van der Waals surface area contributed by atoms with Gasteiger partial charge in [-0.25, -0.2) is 4.39 Å². The van der Waals surface area contributed by atoms with Crippen LogP contribution in [0.2, 0.25) is 0 Å². The van der Waals surface area contributed by atoms with Crippen LogP contribution in [-0.4, -0.2) is 20.8 Å². The normalized spacial score (nSPS) is 12.3. The van der Waals surface area contributed by atoms with Gasteiger partial charge >= 0.3 is 0 Å². The Bertz CT molecular complexity index is 799. The minimum absolute atomic E-state index is 0.0123. The molecule has 0 aliphatic heterocycles. The van der Waals surface area contributed by atoms with E-state index in [9.17, 15) is 19.3 Å². The van der Waals surface area contributed by atoms with E-state index in [1.54, 1.807) is 6.07 Å². The van der Waals surface area contributed by atoms with Gasteiger partial charge in [-0.05, 0) is 18.2 Å². The third kappa shape index (κ3) is 4.94. The number of amides is 1. The number of halogens is 4. The number of nitro benzene ring substituents is 1. The zero-order chi connectivity index (χ0) is 18.6. The number of carbonyl (C=O) groups excluding carboxylic acids is 1. The molecule has 1 atom stereocenters. The first-order valence-corrected chi connectivity index (χ1v) is 7.95. The fraction of sp³-hybridized carbons (Fsp3) is 0.133. The summed E-state index contributed by atoms with van der Waals surface area (Å²) in [5.74, 6) is -1.48. The molecule has 1 amide bonds. The maximum absolute atomic E-state index is 13.8. The number of benzene rings is 2. The SMILES string of the molecule is O=C(NC(Nc1ccccc1F)C(Cl)(Cl)Cl)c1ccccc1[N+](=O)[O-]. The maximum atomic E-state index is 13.8. The van der Waals surface area contributed by atoms with Gasteiger partial charge in [0.25, 0.3) is 11.6 Å². The summed E-state index contributed by atoms with van der Waals surface area (Å²) in [6.45, 7) is 0. The second-order valence-corrected chi connectivity index (χ2v) is 7.22. The van der Waals surface area contributed by atoms with Crippen LogP contribution in [0.1, 0.15) is 10.4 Å². The highest BCUT2D eigenvalue weighted by atomic mass is 35.6.